The summed E-state index contributed by atoms with van der Waals surface area (Å²) in [6, 6.07) is 21.5. The van der Waals surface area contributed by atoms with Crippen LogP contribution in [0.15, 0.2) is 72.8 Å². The third-order valence-electron chi connectivity index (χ3n) is 3.93. The fraction of sp³-hybridized carbons (Fsp3) is 0.0952. The van der Waals surface area contributed by atoms with Gasteiger partial charge in [-0.05, 0) is 41.0 Å². The van der Waals surface area contributed by atoms with E-state index in [1.165, 1.54) is 13.0 Å². The largest absolute Gasteiger partial charge is 0.482 e. The maximum absolute atomic E-state index is 11.3. The predicted molar refractivity (Wildman–Crippen MR) is 104 cm³/mol. The maximum atomic E-state index is 11.3. The first-order chi connectivity index (χ1) is 13.0. The second kappa shape index (κ2) is 8.14. The fourth-order valence-corrected chi connectivity index (χ4v) is 2.64. The molecule has 0 spiro atoms. The lowest BCUT2D eigenvalue weighted by Gasteiger charge is -2.10. The van der Waals surface area contributed by atoms with Crippen LogP contribution in [-0.2, 0) is 11.4 Å². The van der Waals surface area contributed by atoms with Crippen molar-refractivity contribution in [3.63, 3.8) is 0 Å². The third-order valence-corrected chi connectivity index (χ3v) is 3.93. The molecule has 0 heterocycles. The van der Waals surface area contributed by atoms with Crippen molar-refractivity contribution in [3.8, 4) is 16.9 Å². The lowest BCUT2D eigenvalue weighted by Crippen LogP contribution is -2.05. The van der Waals surface area contributed by atoms with Gasteiger partial charge in [0, 0.05) is 18.7 Å². The summed E-state index contributed by atoms with van der Waals surface area (Å²) in [4.78, 5) is 22.0. The number of rotatable bonds is 6. The summed E-state index contributed by atoms with van der Waals surface area (Å²) < 4.78 is 5.72. The Bertz CT molecular complexity index is 954. The maximum Gasteiger partial charge on any atom is 0.310 e. The van der Waals surface area contributed by atoms with E-state index >= 15 is 0 Å². The molecule has 0 aliphatic carbocycles. The van der Waals surface area contributed by atoms with Crippen LogP contribution in [0.4, 0.5) is 11.4 Å². The average molecular weight is 362 g/mol. The molecular weight excluding hydrogens is 344 g/mol. The number of nitro groups is 1. The molecule has 0 radical (unpaired) electrons. The molecule has 1 N–H and O–H groups in total. The number of nitro benzene ring substituents is 1. The van der Waals surface area contributed by atoms with E-state index in [1.54, 1.807) is 24.3 Å². The molecule has 3 aromatic carbocycles. The van der Waals surface area contributed by atoms with Crippen LogP contribution in [-0.4, -0.2) is 10.8 Å². The molecule has 0 unspecified atom stereocenters. The number of nitrogens with zero attached hydrogens (tertiary/aromatic N) is 1. The first kappa shape index (κ1) is 18.1. The van der Waals surface area contributed by atoms with E-state index in [1.807, 2.05) is 42.5 Å². The van der Waals surface area contributed by atoms with Crippen molar-refractivity contribution >= 4 is 17.3 Å². The molecule has 0 saturated heterocycles. The van der Waals surface area contributed by atoms with E-state index in [-0.39, 0.29) is 24.0 Å². The molecule has 0 fully saturated rings. The SMILES string of the molecule is CC(=O)Nc1ccc(-c2ccc([N+](=O)[O-])c(OCc3ccccc3)c2)cc1. The van der Waals surface area contributed by atoms with Gasteiger partial charge in [-0.1, -0.05) is 42.5 Å². The van der Waals surface area contributed by atoms with Crippen molar-refractivity contribution in [3.05, 3.63) is 88.5 Å². The van der Waals surface area contributed by atoms with Crippen LogP contribution < -0.4 is 10.1 Å². The molecule has 136 valence electrons. The van der Waals surface area contributed by atoms with E-state index in [9.17, 15) is 14.9 Å². The first-order valence-corrected chi connectivity index (χ1v) is 8.36. The number of carbonyl (C=O) groups is 1. The van der Waals surface area contributed by atoms with Crippen molar-refractivity contribution in [1.29, 1.82) is 0 Å². The Hall–Kier alpha value is -3.67. The summed E-state index contributed by atoms with van der Waals surface area (Å²) in [5, 5.41) is 14.0. The van der Waals surface area contributed by atoms with Crippen molar-refractivity contribution in [2.24, 2.45) is 0 Å². The number of anilines is 1. The van der Waals surface area contributed by atoms with Crippen molar-refractivity contribution in [2.45, 2.75) is 13.5 Å². The van der Waals surface area contributed by atoms with Crippen molar-refractivity contribution in [1.82, 2.24) is 0 Å². The smallest absolute Gasteiger partial charge is 0.310 e. The van der Waals surface area contributed by atoms with Gasteiger partial charge in [0.25, 0.3) is 0 Å². The lowest BCUT2D eigenvalue weighted by molar-refractivity contribution is -0.385. The number of amides is 1. The molecule has 0 atom stereocenters. The van der Waals surface area contributed by atoms with Crippen LogP contribution in [0.1, 0.15) is 12.5 Å². The molecule has 0 bridgehead atoms. The van der Waals surface area contributed by atoms with Crippen LogP contribution in [0.5, 0.6) is 5.75 Å². The zero-order chi connectivity index (χ0) is 19.2. The Kier molecular flexibility index (Phi) is 5.47. The van der Waals surface area contributed by atoms with E-state index in [0.29, 0.717) is 5.69 Å². The molecule has 3 rings (SSSR count). The molecule has 1 amide bonds. The van der Waals surface area contributed by atoms with Crippen molar-refractivity contribution < 1.29 is 14.5 Å². The Morgan fingerprint density at radius 1 is 1.00 bits per heavy atom. The van der Waals surface area contributed by atoms with Gasteiger partial charge in [-0.2, -0.15) is 0 Å². The van der Waals surface area contributed by atoms with E-state index in [2.05, 4.69) is 5.32 Å². The standard InChI is InChI=1S/C21H18N2O4/c1-15(24)22-19-10-7-17(8-11-19)18-9-12-20(23(25)26)21(13-18)27-14-16-5-3-2-4-6-16/h2-13H,14H2,1H3,(H,22,24). The number of nitrogens with one attached hydrogen (secondary N) is 1. The average Bonchev–Trinajstić information content (AvgIpc) is 2.67. The molecule has 6 heteroatoms. The highest BCUT2D eigenvalue weighted by Gasteiger charge is 2.16. The zero-order valence-electron chi connectivity index (χ0n) is 14.7. The van der Waals surface area contributed by atoms with E-state index in [0.717, 1.165) is 16.7 Å². The highest BCUT2D eigenvalue weighted by molar-refractivity contribution is 5.89. The lowest BCUT2D eigenvalue weighted by atomic mass is 10.0. The minimum Gasteiger partial charge on any atom is -0.482 e. The van der Waals surface area contributed by atoms with E-state index < -0.39 is 4.92 Å². The minimum absolute atomic E-state index is 0.0791. The van der Waals surface area contributed by atoms with Gasteiger partial charge in [-0.3, -0.25) is 14.9 Å². The van der Waals surface area contributed by atoms with Crippen LogP contribution >= 0.6 is 0 Å². The van der Waals surface area contributed by atoms with Gasteiger partial charge in [-0.25, -0.2) is 0 Å². The Morgan fingerprint density at radius 2 is 1.67 bits per heavy atom. The molecule has 0 aliphatic rings. The summed E-state index contributed by atoms with van der Waals surface area (Å²) in [5.41, 5.74) is 3.19. The van der Waals surface area contributed by atoms with E-state index in [4.69, 9.17) is 4.74 Å². The van der Waals surface area contributed by atoms with Crippen LogP contribution in [0.25, 0.3) is 11.1 Å². The predicted octanol–water partition coefficient (Wildman–Crippen LogP) is 4.80. The summed E-state index contributed by atoms with van der Waals surface area (Å²) >= 11 is 0. The summed E-state index contributed by atoms with van der Waals surface area (Å²) in [6.07, 6.45) is 0. The molecule has 0 aromatic heterocycles. The van der Waals surface area contributed by atoms with Gasteiger partial charge in [0.05, 0.1) is 4.92 Å². The molecule has 0 saturated carbocycles. The van der Waals surface area contributed by atoms with Crippen molar-refractivity contribution in [2.75, 3.05) is 5.32 Å². The van der Waals surface area contributed by atoms with Crippen LogP contribution in [0, 0.1) is 10.1 Å². The molecular formula is C21H18N2O4. The number of hydrogen-bond donors (Lipinski definition) is 1. The molecule has 27 heavy (non-hydrogen) atoms. The zero-order valence-corrected chi connectivity index (χ0v) is 14.7. The third kappa shape index (κ3) is 4.70. The Balaban J connectivity index is 1.86. The van der Waals surface area contributed by atoms with Crippen LogP contribution in [0.2, 0.25) is 0 Å². The van der Waals surface area contributed by atoms with Gasteiger partial charge in [0.2, 0.25) is 5.91 Å². The number of benzene rings is 3. The molecule has 3 aromatic rings. The monoisotopic (exact) mass is 362 g/mol. The fourth-order valence-electron chi connectivity index (χ4n) is 2.64. The number of carbonyl (C=O) groups excluding carboxylic acids is 1. The Labute approximate surface area is 156 Å². The second-order valence-electron chi connectivity index (χ2n) is 5.97. The van der Waals surface area contributed by atoms with Gasteiger partial charge in [0.1, 0.15) is 6.61 Å². The molecule has 0 aliphatic heterocycles. The summed E-state index contributed by atoms with van der Waals surface area (Å²) in [7, 11) is 0. The topological polar surface area (TPSA) is 81.5 Å². The molecule has 6 nitrogen and oxygen atoms in total. The quantitative estimate of drug-likeness (QED) is 0.504. The minimum atomic E-state index is -0.454. The summed E-state index contributed by atoms with van der Waals surface area (Å²) in [6.45, 7) is 1.69. The highest BCUT2D eigenvalue weighted by atomic mass is 16.6. The second-order valence-corrected chi connectivity index (χ2v) is 5.97. The highest BCUT2D eigenvalue weighted by Crippen LogP contribution is 2.33. The first-order valence-electron chi connectivity index (χ1n) is 8.36. The normalized spacial score (nSPS) is 10.3. The van der Waals surface area contributed by atoms with Gasteiger partial charge >= 0.3 is 5.69 Å². The number of hydrogen-bond acceptors (Lipinski definition) is 4. The Morgan fingerprint density at radius 3 is 2.30 bits per heavy atom. The van der Waals surface area contributed by atoms with Crippen LogP contribution in [0.3, 0.4) is 0 Å². The summed E-state index contributed by atoms with van der Waals surface area (Å²) in [5.74, 6) is 0.0713. The van der Waals surface area contributed by atoms with Gasteiger partial charge in [-0.15, -0.1) is 0 Å². The van der Waals surface area contributed by atoms with Gasteiger partial charge < -0.3 is 10.1 Å². The number of ether oxygens (including phenoxy) is 1. The van der Waals surface area contributed by atoms with Gasteiger partial charge in [0.15, 0.2) is 5.75 Å².